The quantitative estimate of drug-likeness (QED) is 0.397. The lowest BCUT2D eigenvalue weighted by Crippen LogP contribution is -2.51. The van der Waals surface area contributed by atoms with Crippen LogP contribution >= 0.6 is 0 Å². The molecule has 3 atom stereocenters. The van der Waals surface area contributed by atoms with Crippen molar-refractivity contribution in [3.8, 4) is 0 Å². The first-order chi connectivity index (χ1) is 17.0. The van der Waals surface area contributed by atoms with Crippen molar-refractivity contribution < 1.29 is 14.3 Å². The predicted octanol–water partition coefficient (Wildman–Crippen LogP) is 1.53. The van der Waals surface area contributed by atoms with Crippen molar-refractivity contribution in [1.29, 1.82) is 0 Å². The number of anilines is 1. The van der Waals surface area contributed by atoms with E-state index in [4.69, 9.17) is 9.47 Å². The van der Waals surface area contributed by atoms with E-state index in [0.29, 0.717) is 35.3 Å². The molecule has 0 bridgehead atoms. The Morgan fingerprint density at radius 1 is 1.34 bits per heavy atom. The van der Waals surface area contributed by atoms with E-state index in [0.717, 1.165) is 32.3 Å². The maximum Gasteiger partial charge on any atom is 0.274 e. The molecule has 1 unspecified atom stereocenters. The van der Waals surface area contributed by atoms with Crippen LogP contribution in [0.1, 0.15) is 38.6 Å². The Hall–Kier alpha value is -3.44. The van der Waals surface area contributed by atoms with Crippen LogP contribution in [0.3, 0.4) is 0 Å². The third kappa shape index (κ3) is 5.15. The Balaban J connectivity index is 1.62. The Morgan fingerprint density at radius 3 is 2.80 bits per heavy atom. The number of carbonyl (C=O) groups excluding carboxylic acids is 1. The van der Waals surface area contributed by atoms with Crippen LogP contribution in [0, 0.1) is 0 Å². The maximum absolute atomic E-state index is 13.2. The van der Waals surface area contributed by atoms with Crippen LogP contribution in [0.5, 0.6) is 0 Å². The summed E-state index contributed by atoms with van der Waals surface area (Å²) in [5.41, 5.74) is 0.580. The van der Waals surface area contributed by atoms with E-state index < -0.39 is 0 Å². The molecule has 0 spiro atoms. The van der Waals surface area contributed by atoms with Gasteiger partial charge in [0.25, 0.3) is 11.5 Å². The molecule has 0 aromatic carbocycles. The lowest BCUT2D eigenvalue weighted by atomic mass is 9.89. The van der Waals surface area contributed by atoms with Crippen molar-refractivity contribution in [2.45, 2.75) is 50.8 Å². The minimum absolute atomic E-state index is 0.000933. The summed E-state index contributed by atoms with van der Waals surface area (Å²) < 4.78 is 12.6. The predicted molar refractivity (Wildman–Crippen MR) is 134 cm³/mol. The second kappa shape index (κ2) is 10.9. The first-order valence-electron chi connectivity index (χ1n) is 11.8. The van der Waals surface area contributed by atoms with Crippen molar-refractivity contribution in [3.63, 3.8) is 0 Å². The summed E-state index contributed by atoms with van der Waals surface area (Å²) in [4.78, 5) is 30.8. The molecule has 1 aromatic rings. The number of aliphatic imine (C=N–C) groups is 1. The van der Waals surface area contributed by atoms with Gasteiger partial charge in [-0.3, -0.25) is 9.59 Å². The molecule has 1 amide bonds. The van der Waals surface area contributed by atoms with E-state index in [1.165, 1.54) is 5.01 Å². The van der Waals surface area contributed by atoms with Gasteiger partial charge in [0.1, 0.15) is 17.3 Å². The van der Waals surface area contributed by atoms with E-state index in [1.54, 1.807) is 44.0 Å². The van der Waals surface area contributed by atoms with Gasteiger partial charge >= 0.3 is 0 Å². The molecule has 3 heterocycles. The minimum atomic E-state index is -0.264. The highest BCUT2D eigenvalue weighted by molar-refractivity contribution is 6.06. The maximum atomic E-state index is 13.2. The summed E-state index contributed by atoms with van der Waals surface area (Å²) >= 11 is 0. The molecular formula is C24H33N7O4. The number of pyridine rings is 1. The van der Waals surface area contributed by atoms with E-state index in [1.807, 2.05) is 6.07 Å². The zero-order valence-corrected chi connectivity index (χ0v) is 20.4. The van der Waals surface area contributed by atoms with Gasteiger partial charge in [0, 0.05) is 39.8 Å². The van der Waals surface area contributed by atoms with Crippen molar-refractivity contribution in [1.82, 2.24) is 20.2 Å². The first-order valence-corrected chi connectivity index (χ1v) is 11.8. The molecule has 3 N–H and O–H groups in total. The fraction of sp³-hybridized carbons (Fsp3) is 0.500. The van der Waals surface area contributed by atoms with E-state index in [2.05, 4.69) is 32.8 Å². The summed E-state index contributed by atoms with van der Waals surface area (Å²) in [7, 11) is 3.37. The standard InChI is InChI=1S/C24H33N7O4/c1-15(23(32)28-17-9-10-19(17)34-4)22-29-20(13-21(25-2)31(22)26-3)27-18-8-5-11-30(24(18)33)16-7-6-12-35-14-16/h5,8,11,13,16-17,19,25H,3,6-7,9-10,12,14H2,1-2,4H3,(H,27,29)(H,28,32)/b22-15+/t16-,17?,19-/m1/s1. The number of hydrazone groups is 1. The van der Waals surface area contributed by atoms with Gasteiger partial charge in [-0.25, -0.2) is 4.99 Å². The third-order valence-electron chi connectivity index (χ3n) is 6.60. The molecule has 1 aliphatic carbocycles. The number of methoxy groups -OCH3 is 1. The Bertz CT molecular complexity index is 1120. The number of aromatic nitrogens is 1. The zero-order valence-electron chi connectivity index (χ0n) is 20.4. The second-order valence-corrected chi connectivity index (χ2v) is 8.74. The van der Waals surface area contributed by atoms with Gasteiger partial charge in [-0.2, -0.15) is 10.1 Å². The average molecular weight is 484 g/mol. The van der Waals surface area contributed by atoms with Gasteiger partial charge in [-0.1, -0.05) is 0 Å². The zero-order chi connectivity index (χ0) is 24.9. The Kier molecular flexibility index (Phi) is 7.67. The summed E-state index contributed by atoms with van der Waals surface area (Å²) in [6, 6.07) is 3.49. The molecule has 3 aliphatic rings. The van der Waals surface area contributed by atoms with Gasteiger partial charge in [0.2, 0.25) is 0 Å². The van der Waals surface area contributed by atoms with Gasteiger partial charge in [-0.05, 0) is 44.7 Å². The summed E-state index contributed by atoms with van der Waals surface area (Å²) in [5.74, 6) is 0.983. The van der Waals surface area contributed by atoms with Gasteiger partial charge in [-0.15, -0.1) is 0 Å². The molecule has 1 aromatic heterocycles. The largest absolute Gasteiger partial charge is 0.379 e. The number of amidine groups is 1. The van der Waals surface area contributed by atoms with Crippen LogP contribution in [0.4, 0.5) is 5.69 Å². The van der Waals surface area contributed by atoms with Crippen molar-refractivity contribution in [2.24, 2.45) is 10.1 Å². The van der Waals surface area contributed by atoms with E-state index in [-0.39, 0.29) is 29.7 Å². The number of ether oxygens (including phenoxy) is 2. The van der Waals surface area contributed by atoms with Gasteiger partial charge < -0.3 is 30.0 Å². The topological polar surface area (TPSA) is 122 Å². The average Bonchev–Trinajstić information content (AvgIpc) is 2.87. The number of rotatable bonds is 7. The number of amides is 1. The molecular weight excluding hydrogens is 450 g/mol. The van der Waals surface area contributed by atoms with Crippen LogP contribution in [-0.4, -0.2) is 67.6 Å². The molecule has 35 heavy (non-hydrogen) atoms. The summed E-state index contributed by atoms with van der Waals surface area (Å²) in [5, 5.41) is 14.7. The molecule has 0 radical (unpaired) electrons. The smallest absolute Gasteiger partial charge is 0.274 e. The molecule has 1 saturated carbocycles. The van der Waals surface area contributed by atoms with Crippen LogP contribution in [-0.2, 0) is 14.3 Å². The number of nitrogens with one attached hydrogen (secondary N) is 3. The summed E-state index contributed by atoms with van der Waals surface area (Å²) in [6.45, 7) is 6.55. The van der Waals surface area contributed by atoms with Crippen molar-refractivity contribution >= 4 is 24.1 Å². The molecule has 1 saturated heterocycles. The SMILES string of the molecule is C=NN1C(NC)=CC(Nc2cccn([C@@H]3CCCOC3)c2=O)=N/C1=C(/C)C(=O)NC1CC[C@H]1OC. The van der Waals surface area contributed by atoms with Crippen LogP contribution in [0.2, 0.25) is 0 Å². The molecule has 11 heteroatoms. The van der Waals surface area contributed by atoms with Crippen LogP contribution < -0.4 is 21.5 Å². The lowest BCUT2D eigenvalue weighted by Gasteiger charge is -2.36. The molecule has 188 valence electrons. The minimum Gasteiger partial charge on any atom is -0.379 e. The fourth-order valence-corrected chi connectivity index (χ4v) is 4.40. The number of carbonyl (C=O) groups is 1. The van der Waals surface area contributed by atoms with E-state index >= 15 is 0 Å². The monoisotopic (exact) mass is 483 g/mol. The highest BCUT2D eigenvalue weighted by Gasteiger charge is 2.33. The number of hydrogen-bond donors (Lipinski definition) is 3. The Labute approximate surface area is 204 Å². The van der Waals surface area contributed by atoms with Crippen LogP contribution in [0.25, 0.3) is 0 Å². The number of hydrogen-bond acceptors (Lipinski definition) is 9. The Morgan fingerprint density at radius 2 is 2.17 bits per heavy atom. The molecule has 11 nitrogen and oxygen atoms in total. The first kappa shape index (κ1) is 24.7. The molecule has 2 fully saturated rings. The van der Waals surface area contributed by atoms with Crippen molar-refractivity contribution in [3.05, 3.63) is 52.0 Å². The number of nitrogens with zero attached hydrogens (tertiary/aromatic N) is 4. The molecule has 4 rings (SSSR count). The summed E-state index contributed by atoms with van der Waals surface area (Å²) in [6.07, 6.45) is 7.08. The highest BCUT2D eigenvalue weighted by atomic mass is 16.5. The van der Waals surface area contributed by atoms with Crippen molar-refractivity contribution in [2.75, 3.05) is 32.7 Å². The normalized spacial score (nSPS) is 25.6. The van der Waals surface area contributed by atoms with Gasteiger partial charge in [0.15, 0.2) is 5.82 Å². The third-order valence-corrected chi connectivity index (χ3v) is 6.60. The highest BCUT2D eigenvalue weighted by Crippen LogP contribution is 2.25. The van der Waals surface area contributed by atoms with E-state index in [9.17, 15) is 9.59 Å². The second-order valence-electron chi connectivity index (χ2n) is 8.74. The lowest BCUT2D eigenvalue weighted by molar-refractivity contribution is -0.120. The molecule has 2 aliphatic heterocycles. The fourth-order valence-electron chi connectivity index (χ4n) is 4.40. The van der Waals surface area contributed by atoms with Gasteiger partial charge in [0.05, 0.1) is 30.4 Å². The van der Waals surface area contributed by atoms with Crippen LogP contribution in [0.15, 0.2) is 56.5 Å².